The molecule has 0 spiro atoms. The molecule has 1 aromatic heterocycles. The van der Waals surface area contributed by atoms with E-state index in [9.17, 15) is 8.78 Å². The Labute approximate surface area is 193 Å². The molecule has 2 nitrogen and oxygen atoms in total. The van der Waals surface area contributed by atoms with Gasteiger partial charge in [-0.2, -0.15) is 10.2 Å². The summed E-state index contributed by atoms with van der Waals surface area (Å²) in [4.78, 5) is 0. The number of rotatable bonds is 12. The molecule has 1 aliphatic rings. The zero-order valence-electron chi connectivity index (χ0n) is 20.0. The van der Waals surface area contributed by atoms with Gasteiger partial charge in [0.2, 0.25) is 0 Å². The molecule has 4 heteroatoms. The Bertz CT molecular complexity index is 811. The highest BCUT2D eigenvalue weighted by atomic mass is 19.2. The van der Waals surface area contributed by atoms with Crippen molar-refractivity contribution in [3.8, 4) is 11.3 Å². The number of hydrogen-bond donors (Lipinski definition) is 0. The Morgan fingerprint density at radius 1 is 0.719 bits per heavy atom. The van der Waals surface area contributed by atoms with Crippen molar-refractivity contribution in [3.05, 3.63) is 47.2 Å². The standard InChI is InChI=1S/C28H40F2N2/c1-3-5-7-8-9-21-11-13-22(14-12-21)15-16-23-17-19-25(28(30)27(23)29)26-20-18-24(31-32-26)10-6-4-2/h17-22H,3-16H2,1-2H3. The number of nitrogens with zero attached hydrogens (tertiary/aromatic N) is 2. The fourth-order valence-corrected chi connectivity index (χ4v) is 5.00. The minimum Gasteiger partial charge on any atom is -0.203 e. The van der Waals surface area contributed by atoms with E-state index in [4.69, 9.17) is 0 Å². The van der Waals surface area contributed by atoms with Crippen LogP contribution in [0, 0.1) is 23.5 Å². The molecule has 32 heavy (non-hydrogen) atoms. The number of benzene rings is 1. The lowest BCUT2D eigenvalue weighted by atomic mass is 9.77. The van der Waals surface area contributed by atoms with Crippen molar-refractivity contribution < 1.29 is 8.78 Å². The van der Waals surface area contributed by atoms with Crippen LogP contribution in [0.3, 0.4) is 0 Å². The van der Waals surface area contributed by atoms with E-state index in [2.05, 4.69) is 24.0 Å². The van der Waals surface area contributed by atoms with E-state index in [1.807, 2.05) is 6.07 Å². The zero-order valence-corrected chi connectivity index (χ0v) is 20.0. The highest BCUT2D eigenvalue weighted by Gasteiger charge is 2.22. The molecule has 1 aromatic carbocycles. The number of halogens is 2. The molecule has 3 rings (SSSR count). The second-order valence-electron chi connectivity index (χ2n) is 9.69. The third kappa shape index (κ3) is 7.08. The van der Waals surface area contributed by atoms with Crippen molar-refractivity contribution in [2.24, 2.45) is 11.8 Å². The van der Waals surface area contributed by atoms with E-state index in [1.54, 1.807) is 18.2 Å². The molecule has 0 bridgehead atoms. The van der Waals surface area contributed by atoms with Crippen LogP contribution in [-0.2, 0) is 12.8 Å². The van der Waals surface area contributed by atoms with Gasteiger partial charge in [0.05, 0.1) is 11.4 Å². The van der Waals surface area contributed by atoms with Gasteiger partial charge in [-0.1, -0.05) is 84.1 Å². The smallest absolute Gasteiger partial charge is 0.168 e. The second kappa shape index (κ2) is 13.0. The Balaban J connectivity index is 1.50. The van der Waals surface area contributed by atoms with Crippen LogP contribution in [0.15, 0.2) is 24.3 Å². The number of aryl methyl sites for hydroxylation is 2. The molecule has 0 amide bonds. The van der Waals surface area contributed by atoms with Gasteiger partial charge >= 0.3 is 0 Å². The minimum absolute atomic E-state index is 0.198. The Hall–Kier alpha value is -1.84. The van der Waals surface area contributed by atoms with Gasteiger partial charge < -0.3 is 0 Å². The highest BCUT2D eigenvalue weighted by molar-refractivity contribution is 5.60. The van der Waals surface area contributed by atoms with E-state index < -0.39 is 11.6 Å². The lowest BCUT2D eigenvalue weighted by molar-refractivity contribution is 0.248. The average molecular weight is 443 g/mol. The first-order valence-electron chi connectivity index (χ1n) is 12.9. The third-order valence-electron chi connectivity index (χ3n) is 7.20. The first kappa shape index (κ1) is 24.8. The monoisotopic (exact) mass is 442 g/mol. The van der Waals surface area contributed by atoms with Crippen LogP contribution >= 0.6 is 0 Å². The number of aromatic nitrogens is 2. The molecule has 0 N–H and O–H groups in total. The van der Waals surface area contributed by atoms with E-state index in [-0.39, 0.29) is 5.56 Å². The molecule has 1 fully saturated rings. The quantitative estimate of drug-likeness (QED) is 0.308. The van der Waals surface area contributed by atoms with Crippen molar-refractivity contribution in [3.63, 3.8) is 0 Å². The summed E-state index contributed by atoms with van der Waals surface area (Å²) in [5.41, 5.74) is 1.97. The molecule has 1 aliphatic carbocycles. The second-order valence-corrected chi connectivity index (χ2v) is 9.69. The molecular weight excluding hydrogens is 402 g/mol. The average Bonchev–Trinajstić information content (AvgIpc) is 2.83. The topological polar surface area (TPSA) is 25.8 Å². The maximum absolute atomic E-state index is 14.8. The van der Waals surface area contributed by atoms with Gasteiger partial charge in [-0.3, -0.25) is 0 Å². The molecule has 176 valence electrons. The summed E-state index contributed by atoms with van der Waals surface area (Å²) >= 11 is 0. The SMILES string of the molecule is CCCCCCC1CCC(CCc2ccc(-c3ccc(CCCC)nn3)c(F)c2F)CC1. The first-order valence-corrected chi connectivity index (χ1v) is 12.9. The molecule has 0 unspecified atom stereocenters. The van der Waals surface area contributed by atoms with Crippen LogP contribution in [0.4, 0.5) is 8.78 Å². The molecule has 2 aromatic rings. The largest absolute Gasteiger partial charge is 0.203 e. The van der Waals surface area contributed by atoms with Crippen molar-refractivity contribution in [1.82, 2.24) is 10.2 Å². The zero-order chi connectivity index (χ0) is 22.8. The summed E-state index contributed by atoms with van der Waals surface area (Å²) in [5.74, 6) is 0.00877. The van der Waals surface area contributed by atoms with E-state index >= 15 is 0 Å². The van der Waals surface area contributed by atoms with Gasteiger partial charge in [0.25, 0.3) is 0 Å². The van der Waals surface area contributed by atoms with Crippen molar-refractivity contribution in [2.45, 2.75) is 104 Å². The minimum atomic E-state index is -0.797. The van der Waals surface area contributed by atoms with Gasteiger partial charge in [0, 0.05) is 5.56 Å². The lowest BCUT2D eigenvalue weighted by Gasteiger charge is -2.28. The summed E-state index contributed by atoms with van der Waals surface area (Å²) in [7, 11) is 0. The number of unbranched alkanes of at least 4 members (excludes halogenated alkanes) is 4. The molecule has 0 radical (unpaired) electrons. The molecule has 0 atom stereocenters. The van der Waals surface area contributed by atoms with E-state index in [1.165, 1.54) is 57.8 Å². The van der Waals surface area contributed by atoms with Crippen LogP contribution in [0.5, 0.6) is 0 Å². The van der Waals surface area contributed by atoms with Crippen molar-refractivity contribution in [2.75, 3.05) is 0 Å². The van der Waals surface area contributed by atoms with Gasteiger partial charge in [-0.15, -0.1) is 0 Å². The molecule has 1 saturated carbocycles. The summed E-state index contributed by atoms with van der Waals surface area (Å²) in [6.07, 6.45) is 16.4. The van der Waals surface area contributed by atoms with Gasteiger partial charge in [0.1, 0.15) is 0 Å². The van der Waals surface area contributed by atoms with E-state index in [0.717, 1.165) is 37.3 Å². The van der Waals surface area contributed by atoms with Crippen LogP contribution in [0.1, 0.15) is 102 Å². The van der Waals surface area contributed by atoms with Crippen LogP contribution in [0.2, 0.25) is 0 Å². The number of hydrogen-bond acceptors (Lipinski definition) is 2. The Morgan fingerprint density at radius 3 is 2.09 bits per heavy atom. The summed E-state index contributed by atoms with van der Waals surface area (Å²) in [6.45, 7) is 4.38. The first-order chi connectivity index (χ1) is 15.6. The van der Waals surface area contributed by atoms with Gasteiger partial charge in [0.15, 0.2) is 11.6 Å². The van der Waals surface area contributed by atoms with Gasteiger partial charge in [-0.05, 0) is 61.3 Å². The summed E-state index contributed by atoms with van der Waals surface area (Å²) in [6, 6.07) is 7.01. The van der Waals surface area contributed by atoms with Crippen LogP contribution in [-0.4, -0.2) is 10.2 Å². The normalized spacial score (nSPS) is 18.8. The lowest BCUT2D eigenvalue weighted by Crippen LogP contribution is -2.15. The van der Waals surface area contributed by atoms with Crippen molar-refractivity contribution >= 4 is 0 Å². The van der Waals surface area contributed by atoms with Crippen molar-refractivity contribution in [1.29, 1.82) is 0 Å². The summed E-state index contributed by atoms with van der Waals surface area (Å²) in [5, 5.41) is 8.31. The van der Waals surface area contributed by atoms with Crippen LogP contribution < -0.4 is 0 Å². The Morgan fingerprint density at radius 2 is 1.44 bits per heavy atom. The Kier molecular flexibility index (Phi) is 10.1. The van der Waals surface area contributed by atoms with Gasteiger partial charge in [-0.25, -0.2) is 8.78 Å². The van der Waals surface area contributed by atoms with Crippen LogP contribution in [0.25, 0.3) is 11.3 Å². The summed E-state index contributed by atoms with van der Waals surface area (Å²) < 4.78 is 29.6. The molecule has 0 aliphatic heterocycles. The maximum atomic E-state index is 14.8. The molecule has 0 saturated heterocycles. The molecule has 1 heterocycles. The predicted molar refractivity (Wildman–Crippen MR) is 129 cm³/mol. The fraction of sp³-hybridized carbons (Fsp3) is 0.643. The fourth-order valence-electron chi connectivity index (χ4n) is 5.00. The third-order valence-corrected chi connectivity index (χ3v) is 7.20. The predicted octanol–water partition coefficient (Wildman–Crippen LogP) is 8.47. The van der Waals surface area contributed by atoms with E-state index in [0.29, 0.717) is 23.6 Å². The molecular formula is C28H40F2N2. The maximum Gasteiger partial charge on any atom is 0.168 e. The highest BCUT2D eigenvalue weighted by Crippen LogP contribution is 2.35.